The molecular formula is C16H20N4O. The minimum absolute atomic E-state index is 0.185. The van der Waals surface area contributed by atoms with Crippen LogP contribution in [-0.2, 0) is 6.42 Å². The summed E-state index contributed by atoms with van der Waals surface area (Å²) in [7, 11) is 0. The molecule has 0 spiro atoms. The van der Waals surface area contributed by atoms with Crippen LogP contribution < -0.4 is 10.6 Å². The molecule has 0 aliphatic carbocycles. The maximum atomic E-state index is 12.0. The number of hydrogen-bond acceptors (Lipinski definition) is 4. The molecule has 2 rings (SSSR count). The van der Waals surface area contributed by atoms with Crippen LogP contribution in [0.2, 0.25) is 0 Å². The number of nitrogens with one attached hydrogen (secondary N) is 2. The Hall–Kier alpha value is -2.43. The Morgan fingerprint density at radius 1 is 1.19 bits per heavy atom. The first-order valence-corrected chi connectivity index (χ1v) is 7.17. The van der Waals surface area contributed by atoms with E-state index in [1.54, 1.807) is 6.20 Å². The molecule has 1 amide bonds. The van der Waals surface area contributed by atoms with Gasteiger partial charge in [-0.25, -0.2) is 4.98 Å². The second-order valence-corrected chi connectivity index (χ2v) is 4.66. The molecule has 0 saturated heterocycles. The summed E-state index contributed by atoms with van der Waals surface area (Å²) >= 11 is 0. The topological polar surface area (TPSA) is 66.9 Å². The van der Waals surface area contributed by atoms with Gasteiger partial charge in [0.1, 0.15) is 11.5 Å². The van der Waals surface area contributed by atoms with Crippen LogP contribution in [0.4, 0.5) is 5.82 Å². The van der Waals surface area contributed by atoms with Crippen molar-refractivity contribution in [3.63, 3.8) is 0 Å². The molecule has 5 heteroatoms. The first kappa shape index (κ1) is 15.0. The number of hydrogen-bond donors (Lipinski definition) is 2. The van der Waals surface area contributed by atoms with Gasteiger partial charge in [-0.1, -0.05) is 30.3 Å². The summed E-state index contributed by atoms with van der Waals surface area (Å²) in [5, 5.41) is 5.91. The Labute approximate surface area is 124 Å². The molecule has 0 radical (unpaired) electrons. The summed E-state index contributed by atoms with van der Waals surface area (Å²) in [6.45, 7) is 3.34. The van der Waals surface area contributed by atoms with E-state index < -0.39 is 0 Å². The zero-order chi connectivity index (χ0) is 14.9. The van der Waals surface area contributed by atoms with Crippen LogP contribution in [0.15, 0.2) is 42.7 Å². The number of amides is 1. The van der Waals surface area contributed by atoms with Crippen LogP contribution >= 0.6 is 0 Å². The zero-order valence-corrected chi connectivity index (χ0v) is 12.2. The van der Waals surface area contributed by atoms with Crippen LogP contribution in [0.1, 0.15) is 29.4 Å². The van der Waals surface area contributed by atoms with E-state index in [4.69, 9.17) is 0 Å². The van der Waals surface area contributed by atoms with E-state index in [1.165, 1.54) is 11.8 Å². The number of benzene rings is 1. The lowest BCUT2D eigenvalue weighted by molar-refractivity contribution is 0.0948. The van der Waals surface area contributed by atoms with Crippen molar-refractivity contribution in [1.29, 1.82) is 0 Å². The Morgan fingerprint density at radius 2 is 2.00 bits per heavy atom. The summed E-state index contributed by atoms with van der Waals surface area (Å²) in [6.07, 6.45) is 4.93. The lowest BCUT2D eigenvalue weighted by Crippen LogP contribution is -2.26. The van der Waals surface area contributed by atoms with Gasteiger partial charge in [-0.3, -0.25) is 9.78 Å². The highest BCUT2D eigenvalue weighted by Crippen LogP contribution is 2.03. The summed E-state index contributed by atoms with van der Waals surface area (Å²) in [5.41, 5.74) is 1.62. The van der Waals surface area contributed by atoms with E-state index in [9.17, 15) is 4.79 Å². The summed E-state index contributed by atoms with van der Waals surface area (Å²) in [6, 6.07) is 10.2. The van der Waals surface area contributed by atoms with Crippen molar-refractivity contribution in [2.24, 2.45) is 0 Å². The molecular weight excluding hydrogens is 264 g/mol. The van der Waals surface area contributed by atoms with Gasteiger partial charge in [0.15, 0.2) is 0 Å². The smallest absolute Gasteiger partial charge is 0.271 e. The Morgan fingerprint density at radius 3 is 2.76 bits per heavy atom. The largest absolute Gasteiger partial charge is 0.369 e. The standard InChI is InChI=1S/C16H20N4O/c1-2-18-15-12-17-11-14(20-15)16(21)19-10-6-9-13-7-4-3-5-8-13/h3-5,7-8,11-12H,2,6,9-10H2,1H3,(H,18,20)(H,19,21). The Kier molecular flexibility index (Phi) is 5.70. The van der Waals surface area contributed by atoms with E-state index in [0.717, 1.165) is 19.4 Å². The lowest BCUT2D eigenvalue weighted by atomic mass is 10.1. The molecule has 0 aliphatic heterocycles. The van der Waals surface area contributed by atoms with Crippen molar-refractivity contribution in [3.8, 4) is 0 Å². The summed E-state index contributed by atoms with van der Waals surface area (Å²) in [5.74, 6) is 0.435. The average Bonchev–Trinajstić information content (AvgIpc) is 2.53. The van der Waals surface area contributed by atoms with Crippen molar-refractivity contribution in [3.05, 3.63) is 54.0 Å². The average molecular weight is 284 g/mol. The number of nitrogens with zero attached hydrogens (tertiary/aromatic N) is 2. The molecule has 0 saturated carbocycles. The monoisotopic (exact) mass is 284 g/mol. The quantitative estimate of drug-likeness (QED) is 0.765. The van der Waals surface area contributed by atoms with Crippen molar-refractivity contribution >= 4 is 11.7 Å². The highest BCUT2D eigenvalue weighted by Gasteiger charge is 2.07. The van der Waals surface area contributed by atoms with E-state index in [1.807, 2.05) is 25.1 Å². The fraction of sp³-hybridized carbons (Fsp3) is 0.312. The second-order valence-electron chi connectivity index (χ2n) is 4.66. The zero-order valence-electron chi connectivity index (χ0n) is 12.2. The van der Waals surface area contributed by atoms with Crippen LogP contribution in [-0.4, -0.2) is 29.0 Å². The van der Waals surface area contributed by atoms with Gasteiger partial charge in [-0.2, -0.15) is 0 Å². The SMILES string of the molecule is CCNc1cncc(C(=O)NCCCc2ccccc2)n1. The summed E-state index contributed by atoms with van der Waals surface area (Å²) < 4.78 is 0. The summed E-state index contributed by atoms with van der Waals surface area (Å²) in [4.78, 5) is 20.2. The minimum Gasteiger partial charge on any atom is -0.369 e. The fourth-order valence-electron chi connectivity index (χ4n) is 1.97. The van der Waals surface area contributed by atoms with Gasteiger partial charge in [0.2, 0.25) is 0 Å². The van der Waals surface area contributed by atoms with Crippen molar-refractivity contribution < 1.29 is 4.79 Å². The lowest BCUT2D eigenvalue weighted by Gasteiger charge is -2.06. The van der Waals surface area contributed by atoms with E-state index >= 15 is 0 Å². The van der Waals surface area contributed by atoms with Gasteiger partial charge in [-0.05, 0) is 25.3 Å². The minimum atomic E-state index is -0.185. The predicted molar refractivity (Wildman–Crippen MR) is 83.3 cm³/mol. The molecule has 0 bridgehead atoms. The molecule has 5 nitrogen and oxygen atoms in total. The predicted octanol–water partition coefficient (Wildman–Crippen LogP) is 2.27. The third-order valence-corrected chi connectivity index (χ3v) is 3.00. The molecule has 0 fully saturated rings. The number of aryl methyl sites for hydroxylation is 1. The van der Waals surface area contributed by atoms with Crippen LogP contribution in [0.5, 0.6) is 0 Å². The van der Waals surface area contributed by atoms with Crippen LogP contribution in [0.25, 0.3) is 0 Å². The van der Waals surface area contributed by atoms with Crippen molar-refractivity contribution in [1.82, 2.24) is 15.3 Å². The molecule has 110 valence electrons. The molecule has 0 atom stereocenters. The fourth-order valence-corrected chi connectivity index (χ4v) is 1.97. The molecule has 21 heavy (non-hydrogen) atoms. The number of rotatable bonds is 7. The van der Waals surface area contributed by atoms with Crippen LogP contribution in [0, 0.1) is 0 Å². The first-order valence-electron chi connectivity index (χ1n) is 7.17. The van der Waals surface area contributed by atoms with E-state index in [0.29, 0.717) is 18.1 Å². The maximum absolute atomic E-state index is 12.0. The van der Waals surface area contributed by atoms with Gasteiger partial charge in [0.25, 0.3) is 5.91 Å². The number of carbonyl (C=O) groups is 1. The van der Waals surface area contributed by atoms with Gasteiger partial charge in [0.05, 0.1) is 12.4 Å². The molecule has 0 unspecified atom stereocenters. The van der Waals surface area contributed by atoms with Gasteiger partial charge in [0, 0.05) is 13.1 Å². The Balaban J connectivity index is 1.78. The normalized spacial score (nSPS) is 10.1. The molecule has 0 aliphatic rings. The third-order valence-electron chi connectivity index (χ3n) is 3.00. The first-order chi connectivity index (χ1) is 10.3. The van der Waals surface area contributed by atoms with Crippen molar-refractivity contribution in [2.45, 2.75) is 19.8 Å². The van der Waals surface area contributed by atoms with Gasteiger partial charge in [-0.15, -0.1) is 0 Å². The van der Waals surface area contributed by atoms with Crippen LogP contribution in [0.3, 0.4) is 0 Å². The van der Waals surface area contributed by atoms with E-state index in [-0.39, 0.29) is 5.91 Å². The van der Waals surface area contributed by atoms with Gasteiger partial charge < -0.3 is 10.6 Å². The Bertz CT molecular complexity index is 571. The molecule has 1 heterocycles. The number of anilines is 1. The highest BCUT2D eigenvalue weighted by atomic mass is 16.1. The third kappa shape index (κ3) is 4.87. The molecule has 1 aromatic heterocycles. The van der Waals surface area contributed by atoms with E-state index in [2.05, 4.69) is 32.7 Å². The maximum Gasteiger partial charge on any atom is 0.271 e. The second kappa shape index (κ2) is 7.99. The molecule has 2 aromatic rings. The highest BCUT2D eigenvalue weighted by molar-refractivity contribution is 5.92. The number of aromatic nitrogens is 2. The molecule has 2 N–H and O–H groups in total. The molecule has 1 aromatic carbocycles. The number of carbonyl (C=O) groups excluding carboxylic acids is 1. The van der Waals surface area contributed by atoms with Crippen molar-refractivity contribution in [2.75, 3.05) is 18.4 Å². The van der Waals surface area contributed by atoms with Gasteiger partial charge >= 0.3 is 0 Å².